The van der Waals surface area contributed by atoms with Crippen molar-refractivity contribution in [2.75, 3.05) is 5.75 Å². The highest BCUT2D eigenvalue weighted by Gasteiger charge is 2.29. The highest BCUT2D eigenvalue weighted by atomic mass is 32.2. The van der Waals surface area contributed by atoms with Gasteiger partial charge in [-0.15, -0.1) is 11.3 Å². The number of nitrogens with one attached hydrogen (secondary N) is 1. The molecule has 0 spiro atoms. The normalized spacial score (nSPS) is 14.4. The molecule has 162 valence electrons. The summed E-state index contributed by atoms with van der Waals surface area (Å²) in [6.07, 6.45) is 1.96. The van der Waals surface area contributed by atoms with E-state index in [1.54, 1.807) is 15.9 Å². The van der Waals surface area contributed by atoms with Crippen molar-refractivity contribution < 1.29 is 4.79 Å². The number of carbonyl (C=O) groups excluding carboxylic acids is 1. The average Bonchev–Trinajstić information content (AvgIpc) is 3.49. The molecule has 2 aromatic heterocycles. The monoisotopic (exact) mass is 461 g/mol. The molecule has 0 bridgehead atoms. The lowest BCUT2D eigenvalue weighted by Gasteiger charge is -2.19. The Morgan fingerprint density at radius 3 is 2.66 bits per heavy atom. The first kappa shape index (κ1) is 21.0. The van der Waals surface area contributed by atoms with Crippen molar-refractivity contribution in [2.24, 2.45) is 0 Å². The van der Waals surface area contributed by atoms with E-state index in [1.165, 1.54) is 17.3 Å². The minimum Gasteiger partial charge on any atom is -0.344 e. The van der Waals surface area contributed by atoms with E-state index in [0.717, 1.165) is 23.3 Å². The first-order valence-corrected chi connectivity index (χ1v) is 12.5. The number of thioether (sulfide) groups is 1. The molecule has 0 saturated heterocycles. The number of hydrogen-bond acceptors (Lipinski definition) is 5. The number of aromatic nitrogens is 2. The summed E-state index contributed by atoms with van der Waals surface area (Å²) in [6, 6.07) is 19.7. The number of rotatable bonds is 7. The third kappa shape index (κ3) is 4.36. The Bertz CT molecular complexity index is 1310. The topological polar surface area (TPSA) is 64.0 Å². The van der Waals surface area contributed by atoms with Crippen molar-refractivity contribution in [3.05, 3.63) is 92.4 Å². The van der Waals surface area contributed by atoms with E-state index in [9.17, 15) is 9.59 Å². The number of nitrogens with zero attached hydrogens (tertiary/aromatic N) is 2. The number of hydrogen-bond donors (Lipinski definition) is 1. The van der Waals surface area contributed by atoms with Crippen molar-refractivity contribution in [2.45, 2.75) is 37.0 Å². The molecule has 1 fully saturated rings. The Morgan fingerprint density at radius 1 is 1.16 bits per heavy atom. The second-order valence-corrected chi connectivity index (χ2v) is 9.95. The third-order valence-corrected chi connectivity index (χ3v) is 7.45. The van der Waals surface area contributed by atoms with Crippen LogP contribution in [-0.4, -0.2) is 21.2 Å². The number of carbonyl (C=O) groups is 1. The maximum absolute atomic E-state index is 13.0. The minimum atomic E-state index is -0.195. The van der Waals surface area contributed by atoms with Gasteiger partial charge in [0.2, 0.25) is 5.91 Å². The van der Waals surface area contributed by atoms with Crippen LogP contribution in [0.3, 0.4) is 0 Å². The highest BCUT2D eigenvalue weighted by molar-refractivity contribution is 7.99. The Labute approximate surface area is 194 Å². The summed E-state index contributed by atoms with van der Waals surface area (Å²) in [5.74, 6) is 0.115. The van der Waals surface area contributed by atoms with Gasteiger partial charge in [0.15, 0.2) is 5.16 Å². The highest BCUT2D eigenvalue weighted by Crippen LogP contribution is 2.37. The van der Waals surface area contributed by atoms with Gasteiger partial charge in [-0.3, -0.25) is 14.2 Å². The predicted octanol–water partition coefficient (Wildman–Crippen LogP) is 5.10. The first-order valence-electron chi connectivity index (χ1n) is 10.6. The van der Waals surface area contributed by atoms with Crippen LogP contribution >= 0.6 is 23.1 Å². The van der Waals surface area contributed by atoms with Gasteiger partial charge in [0, 0.05) is 10.9 Å². The van der Waals surface area contributed by atoms with Crippen LogP contribution in [0.1, 0.15) is 40.9 Å². The molecule has 2 aromatic carbocycles. The molecule has 1 N–H and O–H groups in total. The largest absolute Gasteiger partial charge is 0.344 e. The summed E-state index contributed by atoms with van der Waals surface area (Å²) < 4.78 is 1.77. The molecule has 1 aliphatic carbocycles. The van der Waals surface area contributed by atoms with E-state index in [1.807, 2.05) is 41.8 Å². The maximum Gasteiger partial charge on any atom is 0.262 e. The summed E-state index contributed by atoms with van der Waals surface area (Å²) in [7, 11) is 0. The Hall–Kier alpha value is -2.90. The average molecular weight is 462 g/mol. The molecule has 1 saturated carbocycles. The molecule has 5 rings (SSSR count). The van der Waals surface area contributed by atoms with E-state index < -0.39 is 0 Å². The standard InChI is InChI=1S/C25H23N3O2S2/c1-16-8-10-17(11-9-16)23(21-7-4-14-31-21)27-22(29)15-32-25-26-20-6-3-2-5-19(20)24(30)28(25)18-12-13-18/h2-11,14,18,23H,12-13,15H2,1H3,(H,27,29). The number of benzene rings is 2. The molecule has 2 heterocycles. The van der Waals surface area contributed by atoms with Crippen LogP contribution in [0.4, 0.5) is 0 Å². The van der Waals surface area contributed by atoms with Crippen LogP contribution in [0.5, 0.6) is 0 Å². The number of aryl methyl sites for hydroxylation is 1. The molecule has 1 aliphatic rings. The number of amides is 1. The molecule has 1 atom stereocenters. The smallest absolute Gasteiger partial charge is 0.262 e. The Morgan fingerprint density at radius 2 is 1.94 bits per heavy atom. The van der Waals surface area contributed by atoms with Crippen LogP contribution in [-0.2, 0) is 4.79 Å². The molecule has 1 amide bonds. The van der Waals surface area contributed by atoms with Crippen LogP contribution < -0.4 is 10.9 Å². The van der Waals surface area contributed by atoms with E-state index >= 15 is 0 Å². The van der Waals surface area contributed by atoms with Gasteiger partial charge >= 0.3 is 0 Å². The zero-order valence-electron chi connectivity index (χ0n) is 17.7. The van der Waals surface area contributed by atoms with Gasteiger partial charge in [-0.1, -0.05) is 59.8 Å². The van der Waals surface area contributed by atoms with Crippen molar-refractivity contribution in [3.8, 4) is 0 Å². The summed E-state index contributed by atoms with van der Waals surface area (Å²) in [6.45, 7) is 2.05. The van der Waals surface area contributed by atoms with Gasteiger partial charge in [-0.05, 0) is 48.9 Å². The van der Waals surface area contributed by atoms with Crippen LogP contribution in [0, 0.1) is 6.92 Å². The number of fused-ring (bicyclic) bond motifs is 1. The second-order valence-electron chi connectivity index (χ2n) is 8.03. The first-order chi connectivity index (χ1) is 15.6. The molecule has 5 nitrogen and oxygen atoms in total. The minimum absolute atomic E-state index is 0.0166. The van der Waals surface area contributed by atoms with Crippen LogP contribution in [0.15, 0.2) is 76.0 Å². The lowest BCUT2D eigenvalue weighted by atomic mass is 10.0. The fraction of sp³-hybridized carbons (Fsp3) is 0.240. The fourth-order valence-corrected chi connectivity index (χ4v) is 5.43. The van der Waals surface area contributed by atoms with Crippen molar-refractivity contribution >= 4 is 39.9 Å². The second kappa shape index (κ2) is 8.92. The van der Waals surface area contributed by atoms with E-state index in [-0.39, 0.29) is 29.3 Å². The maximum atomic E-state index is 13.0. The quantitative estimate of drug-likeness (QED) is 0.307. The lowest BCUT2D eigenvalue weighted by Crippen LogP contribution is -2.30. The molecule has 32 heavy (non-hydrogen) atoms. The van der Waals surface area contributed by atoms with Gasteiger partial charge < -0.3 is 5.32 Å². The van der Waals surface area contributed by atoms with Gasteiger partial charge in [-0.25, -0.2) is 4.98 Å². The zero-order chi connectivity index (χ0) is 22.1. The zero-order valence-corrected chi connectivity index (χ0v) is 19.3. The van der Waals surface area contributed by atoms with Gasteiger partial charge in [0.25, 0.3) is 5.56 Å². The van der Waals surface area contributed by atoms with Gasteiger partial charge in [-0.2, -0.15) is 0 Å². The lowest BCUT2D eigenvalue weighted by molar-refractivity contribution is -0.119. The van der Waals surface area contributed by atoms with Gasteiger partial charge in [0.1, 0.15) is 0 Å². The molecule has 7 heteroatoms. The summed E-state index contributed by atoms with van der Waals surface area (Å²) in [5.41, 5.74) is 2.89. The summed E-state index contributed by atoms with van der Waals surface area (Å²) in [5, 5.41) is 6.45. The van der Waals surface area contributed by atoms with E-state index in [4.69, 9.17) is 4.98 Å². The predicted molar refractivity (Wildman–Crippen MR) is 130 cm³/mol. The van der Waals surface area contributed by atoms with Gasteiger partial charge in [0.05, 0.1) is 22.7 Å². The molecule has 4 aromatic rings. The van der Waals surface area contributed by atoms with Crippen molar-refractivity contribution in [1.29, 1.82) is 0 Å². The van der Waals surface area contributed by atoms with Crippen LogP contribution in [0.2, 0.25) is 0 Å². The Balaban J connectivity index is 1.37. The number of thiophene rings is 1. The molecule has 0 radical (unpaired) electrons. The Kier molecular flexibility index (Phi) is 5.85. The van der Waals surface area contributed by atoms with E-state index in [2.05, 4.69) is 36.5 Å². The molecule has 0 aliphatic heterocycles. The van der Waals surface area contributed by atoms with Crippen molar-refractivity contribution in [3.63, 3.8) is 0 Å². The van der Waals surface area contributed by atoms with E-state index in [0.29, 0.717) is 16.1 Å². The molecular formula is C25H23N3O2S2. The SMILES string of the molecule is Cc1ccc(C(NC(=O)CSc2nc3ccccc3c(=O)n2C2CC2)c2cccs2)cc1. The molecular weight excluding hydrogens is 438 g/mol. The van der Waals surface area contributed by atoms with Crippen molar-refractivity contribution in [1.82, 2.24) is 14.9 Å². The molecule has 1 unspecified atom stereocenters. The number of para-hydroxylation sites is 1. The fourth-order valence-electron chi connectivity index (χ4n) is 3.75. The summed E-state index contributed by atoms with van der Waals surface area (Å²) >= 11 is 2.96. The third-order valence-electron chi connectivity index (χ3n) is 5.56. The summed E-state index contributed by atoms with van der Waals surface area (Å²) in [4.78, 5) is 31.8. The van der Waals surface area contributed by atoms with Crippen LogP contribution in [0.25, 0.3) is 10.9 Å².